The molecule has 0 amide bonds. The maximum absolute atomic E-state index is 15.3. The fourth-order valence-corrected chi connectivity index (χ4v) is 4.46. The van der Waals surface area contributed by atoms with E-state index < -0.39 is 52.8 Å². The normalized spacial score (nSPS) is 12.4. The standard InChI is InChI=1S/C28H24F5N3O3/c1-16-24(18-10-6-13-23(39-2)25(18)30)26(37)36(15-22(34)17-8-4-3-5-9-17)27(38)35(16)14-19-20(28(31,32)33)11-7-12-21(19)29/h3-13,22H,14-15,34H2,1-2H3/t22-/m1/s1. The quantitative estimate of drug-likeness (QED) is 0.330. The lowest BCUT2D eigenvalue weighted by atomic mass is 10.0. The van der Waals surface area contributed by atoms with E-state index in [0.29, 0.717) is 11.6 Å². The lowest BCUT2D eigenvalue weighted by Gasteiger charge is -2.21. The fourth-order valence-electron chi connectivity index (χ4n) is 4.46. The second kappa shape index (κ2) is 10.9. The molecule has 1 aromatic heterocycles. The van der Waals surface area contributed by atoms with E-state index in [0.717, 1.165) is 21.3 Å². The molecule has 0 spiro atoms. The third-order valence-corrected chi connectivity index (χ3v) is 6.49. The van der Waals surface area contributed by atoms with Crippen molar-refractivity contribution in [1.29, 1.82) is 0 Å². The Morgan fingerprint density at radius 2 is 1.59 bits per heavy atom. The number of ether oxygens (including phenoxy) is 1. The molecule has 3 aromatic carbocycles. The number of alkyl halides is 3. The summed E-state index contributed by atoms with van der Waals surface area (Å²) >= 11 is 0. The van der Waals surface area contributed by atoms with Gasteiger partial charge in [-0.3, -0.25) is 13.9 Å². The van der Waals surface area contributed by atoms with Crippen LogP contribution in [0.4, 0.5) is 22.0 Å². The first-order valence-corrected chi connectivity index (χ1v) is 11.8. The summed E-state index contributed by atoms with van der Waals surface area (Å²) < 4.78 is 77.8. The Labute approximate surface area is 219 Å². The van der Waals surface area contributed by atoms with E-state index in [1.165, 1.54) is 32.2 Å². The zero-order chi connectivity index (χ0) is 28.5. The Bertz CT molecular complexity index is 1630. The van der Waals surface area contributed by atoms with Crippen molar-refractivity contribution in [3.05, 3.63) is 122 Å². The van der Waals surface area contributed by atoms with E-state index in [2.05, 4.69) is 0 Å². The first kappa shape index (κ1) is 27.8. The number of hydrogen-bond acceptors (Lipinski definition) is 4. The van der Waals surface area contributed by atoms with Gasteiger partial charge in [-0.05, 0) is 30.7 Å². The lowest BCUT2D eigenvalue weighted by Crippen LogP contribution is -2.44. The van der Waals surface area contributed by atoms with Gasteiger partial charge in [0.2, 0.25) is 0 Å². The smallest absolute Gasteiger partial charge is 0.416 e. The van der Waals surface area contributed by atoms with Crippen LogP contribution in [-0.4, -0.2) is 16.2 Å². The van der Waals surface area contributed by atoms with Gasteiger partial charge >= 0.3 is 11.9 Å². The molecule has 39 heavy (non-hydrogen) atoms. The molecule has 1 heterocycles. The second-order valence-electron chi connectivity index (χ2n) is 8.85. The zero-order valence-electron chi connectivity index (χ0n) is 20.9. The van der Waals surface area contributed by atoms with Crippen molar-refractivity contribution in [2.24, 2.45) is 5.73 Å². The molecule has 0 aliphatic heterocycles. The zero-order valence-corrected chi connectivity index (χ0v) is 20.9. The van der Waals surface area contributed by atoms with Crippen molar-refractivity contribution in [2.45, 2.75) is 32.2 Å². The molecular weight excluding hydrogens is 521 g/mol. The predicted octanol–water partition coefficient (Wildman–Crippen LogP) is 5.04. The van der Waals surface area contributed by atoms with E-state index >= 15 is 4.39 Å². The van der Waals surface area contributed by atoms with Gasteiger partial charge < -0.3 is 10.5 Å². The number of nitrogens with zero attached hydrogens (tertiary/aromatic N) is 2. The lowest BCUT2D eigenvalue weighted by molar-refractivity contribution is -0.138. The highest BCUT2D eigenvalue weighted by Crippen LogP contribution is 2.34. The van der Waals surface area contributed by atoms with Gasteiger partial charge in [-0.2, -0.15) is 13.2 Å². The molecule has 11 heteroatoms. The SMILES string of the molecule is COc1cccc(-c2c(C)n(Cc3c(F)cccc3C(F)(F)F)c(=O)n(C[C@@H](N)c3ccccc3)c2=O)c1F. The third kappa shape index (κ3) is 5.35. The number of aromatic nitrogens is 2. The summed E-state index contributed by atoms with van der Waals surface area (Å²) in [6.07, 6.45) is -4.92. The third-order valence-electron chi connectivity index (χ3n) is 6.49. The number of rotatable bonds is 7. The van der Waals surface area contributed by atoms with Gasteiger partial charge in [-0.1, -0.05) is 48.5 Å². The van der Waals surface area contributed by atoms with Crippen molar-refractivity contribution in [2.75, 3.05) is 7.11 Å². The number of benzene rings is 3. The van der Waals surface area contributed by atoms with Crippen LogP contribution in [0.15, 0.2) is 76.3 Å². The molecule has 0 saturated heterocycles. The van der Waals surface area contributed by atoms with Crippen LogP contribution >= 0.6 is 0 Å². The molecule has 2 N–H and O–H groups in total. The Hall–Kier alpha value is -4.25. The molecule has 0 saturated carbocycles. The van der Waals surface area contributed by atoms with E-state index in [1.54, 1.807) is 30.3 Å². The second-order valence-corrected chi connectivity index (χ2v) is 8.85. The highest BCUT2D eigenvalue weighted by Gasteiger charge is 2.35. The Balaban J connectivity index is 2.00. The molecule has 4 aromatic rings. The highest BCUT2D eigenvalue weighted by atomic mass is 19.4. The van der Waals surface area contributed by atoms with Crippen molar-refractivity contribution in [1.82, 2.24) is 9.13 Å². The molecule has 0 aliphatic carbocycles. The minimum atomic E-state index is -4.92. The van der Waals surface area contributed by atoms with Gasteiger partial charge in [-0.15, -0.1) is 0 Å². The van der Waals surface area contributed by atoms with E-state index in [4.69, 9.17) is 10.5 Å². The molecule has 1 atom stereocenters. The Morgan fingerprint density at radius 3 is 2.23 bits per heavy atom. The van der Waals surface area contributed by atoms with Crippen molar-refractivity contribution < 1.29 is 26.7 Å². The Kier molecular flexibility index (Phi) is 7.73. The van der Waals surface area contributed by atoms with Gasteiger partial charge in [0.05, 0.1) is 31.3 Å². The molecule has 4 rings (SSSR count). The van der Waals surface area contributed by atoms with Crippen molar-refractivity contribution in [3.63, 3.8) is 0 Å². The van der Waals surface area contributed by atoms with Crippen LogP contribution in [0.1, 0.15) is 28.4 Å². The van der Waals surface area contributed by atoms with Crippen LogP contribution in [0.3, 0.4) is 0 Å². The first-order valence-electron chi connectivity index (χ1n) is 11.8. The first-order chi connectivity index (χ1) is 18.5. The number of hydrogen-bond donors (Lipinski definition) is 1. The van der Waals surface area contributed by atoms with Crippen LogP contribution in [0.2, 0.25) is 0 Å². The molecule has 0 unspecified atom stereocenters. The summed E-state index contributed by atoms with van der Waals surface area (Å²) in [5, 5.41) is 0. The molecule has 0 aliphatic rings. The van der Waals surface area contributed by atoms with Crippen LogP contribution in [0, 0.1) is 18.6 Å². The number of nitrogens with two attached hydrogens (primary N) is 1. The summed E-state index contributed by atoms with van der Waals surface area (Å²) in [6.45, 7) is 0.0438. The number of methoxy groups -OCH3 is 1. The fraction of sp³-hybridized carbons (Fsp3) is 0.214. The molecule has 0 fully saturated rings. The van der Waals surface area contributed by atoms with Crippen molar-refractivity contribution in [3.8, 4) is 16.9 Å². The maximum atomic E-state index is 15.3. The van der Waals surface area contributed by atoms with Gasteiger partial charge in [0.25, 0.3) is 5.56 Å². The van der Waals surface area contributed by atoms with Gasteiger partial charge in [0, 0.05) is 22.9 Å². The summed E-state index contributed by atoms with van der Waals surface area (Å²) in [6, 6.07) is 14.1. The van der Waals surface area contributed by atoms with E-state index in [-0.39, 0.29) is 29.1 Å². The molecule has 0 radical (unpaired) electrons. The number of halogens is 5. The average Bonchev–Trinajstić information content (AvgIpc) is 2.90. The van der Waals surface area contributed by atoms with Crippen LogP contribution < -0.4 is 21.7 Å². The van der Waals surface area contributed by atoms with Crippen LogP contribution in [0.5, 0.6) is 5.75 Å². The van der Waals surface area contributed by atoms with Crippen molar-refractivity contribution >= 4 is 0 Å². The summed E-state index contributed by atoms with van der Waals surface area (Å²) in [5.74, 6) is -2.29. The minimum Gasteiger partial charge on any atom is -0.494 e. The summed E-state index contributed by atoms with van der Waals surface area (Å²) in [5.41, 5.74) is 2.15. The topological polar surface area (TPSA) is 79.2 Å². The van der Waals surface area contributed by atoms with E-state index in [9.17, 15) is 27.2 Å². The average molecular weight is 546 g/mol. The predicted molar refractivity (Wildman–Crippen MR) is 136 cm³/mol. The van der Waals surface area contributed by atoms with E-state index in [1.807, 2.05) is 0 Å². The monoisotopic (exact) mass is 545 g/mol. The van der Waals surface area contributed by atoms with Crippen LogP contribution in [-0.2, 0) is 19.3 Å². The maximum Gasteiger partial charge on any atom is 0.416 e. The van der Waals surface area contributed by atoms with Gasteiger partial charge in [0.15, 0.2) is 11.6 Å². The molecular formula is C28H24F5N3O3. The summed E-state index contributed by atoms with van der Waals surface area (Å²) in [7, 11) is 1.23. The van der Waals surface area contributed by atoms with Gasteiger partial charge in [-0.25, -0.2) is 13.6 Å². The van der Waals surface area contributed by atoms with Crippen LogP contribution in [0.25, 0.3) is 11.1 Å². The highest BCUT2D eigenvalue weighted by molar-refractivity contribution is 5.67. The molecule has 204 valence electrons. The van der Waals surface area contributed by atoms with Gasteiger partial charge in [0.1, 0.15) is 5.82 Å². The minimum absolute atomic E-state index is 0.155. The molecule has 6 nitrogen and oxygen atoms in total. The largest absolute Gasteiger partial charge is 0.494 e. The Morgan fingerprint density at radius 1 is 0.923 bits per heavy atom. The summed E-state index contributed by atoms with van der Waals surface area (Å²) in [4.78, 5) is 27.3. The molecule has 0 bridgehead atoms.